The molecule has 43 heavy (non-hydrogen) atoms. The molecular formula is C27H15Cl2N9O5. The molecule has 3 N–H and O–H groups in total. The first-order valence-corrected chi connectivity index (χ1v) is 13.1. The van der Waals surface area contributed by atoms with Gasteiger partial charge in [-0.1, -0.05) is 23.2 Å². The van der Waals surface area contributed by atoms with Crippen LogP contribution >= 0.6 is 23.2 Å². The second kappa shape index (κ2) is 10.3. The number of hydrogen-bond donors (Lipinski definition) is 3. The monoisotopic (exact) mass is 615 g/mol. The fourth-order valence-electron chi connectivity index (χ4n) is 4.09. The molecule has 0 spiro atoms. The molecule has 0 unspecified atom stereocenters. The predicted molar refractivity (Wildman–Crippen MR) is 153 cm³/mol. The Bertz CT molecular complexity index is 2040. The van der Waals surface area contributed by atoms with Gasteiger partial charge in [0.2, 0.25) is 0 Å². The molecule has 0 aliphatic rings. The molecule has 14 nitrogen and oxygen atoms in total. The number of nitrogens with zero attached hydrogens (tertiary/aromatic N) is 9. The lowest BCUT2D eigenvalue weighted by Gasteiger charge is -2.09. The highest BCUT2D eigenvalue weighted by Gasteiger charge is 2.16. The zero-order chi connectivity index (χ0) is 29.7. The maximum atomic E-state index is 10.6. The van der Waals surface area contributed by atoms with Crippen molar-refractivity contribution in [3.63, 3.8) is 0 Å². The summed E-state index contributed by atoms with van der Waals surface area (Å²) in [6.07, 6.45) is 0. The maximum Gasteiger partial charge on any atom is 0.331 e. The molecule has 7 aromatic rings. The molecule has 0 saturated carbocycles. The summed E-state index contributed by atoms with van der Waals surface area (Å²) >= 11 is 12.0. The van der Waals surface area contributed by atoms with E-state index in [4.69, 9.17) is 32.7 Å². The third-order valence-electron chi connectivity index (χ3n) is 6.01. The minimum Gasteiger partial charge on any atom is -0.505 e. The molecule has 0 aliphatic heterocycles. The smallest absolute Gasteiger partial charge is 0.331 e. The van der Waals surface area contributed by atoms with Crippen LogP contribution in [0.3, 0.4) is 0 Å². The molecule has 212 valence electrons. The van der Waals surface area contributed by atoms with E-state index in [9.17, 15) is 15.3 Å². The Hall–Kier alpha value is -5.73. The Kier molecular flexibility index (Phi) is 6.26. The molecule has 4 aromatic carbocycles. The van der Waals surface area contributed by atoms with Crippen LogP contribution in [0.4, 0.5) is 0 Å². The fourth-order valence-corrected chi connectivity index (χ4v) is 4.43. The van der Waals surface area contributed by atoms with Crippen molar-refractivity contribution in [3.05, 3.63) is 82.8 Å². The number of benzene rings is 4. The number of phenols is 2. The maximum absolute atomic E-state index is 10.6. The lowest BCUT2D eigenvalue weighted by atomic mass is 10.3. The average Bonchev–Trinajstić information content (AvgIpc) is 3.56. The summed E-state index contributed by atoms with van der Waals surface area (Å²) in [5, 5.41) is 49.6. The lowest BCUT2D eigenvalue weighted by molar-refractivity contribution is 0.354. The van der Waals surface area contributed by atoms with Gasteiger partial charge in [-0.05, 0) is 60.7 Å². The first-order valence-electron chi connectivity index (χ1n) is 12.3. The van der Waals surface area contributed by atoms with E-state index in [0.717, 1.165) is 0 Å². The summed E-state index contributed by atoms with van der Waals surface area (Å²) < 4.78 is 11.2. The first-order chi connectivity index (χ1) is 20.8. The summed E-state index contributed by atoms with van der Waals surface area (Å²) in [6.45, 7) is 0. The van der Waals surface area contributed by atoms with Crippen molar-refractivity contribution >= 4 is 45.3 Å². The van der Waals surface area contributed by atoms with Crippen molar-refractivity contribution < 1.29 is 24.8 Å². The van der Waals surface area contributed by atoms with Gasteiger partial charge in [0.25, 0.3) is 0 Å². The van der Waals surface area contributed by atoms with Crippen molar-refractivity contribution in [2.45, 2.75) is 0 Å². The van der Waals surface area contributed by atoms with Crippen molar-refractivity contribution in [3.8, 4) is 52.4 Å². The molecule has 0 atom stereocenters. The van der Waals surface area contributed by atoms with Crippen LogP contribution in [0.25, 0.3) is 33.4 Å². The van der Waals surface area contributed by atoms with Crippen LogP contribution in [-0.4, -0.2) is 60.3 Å². The molecule has 16 heteroatoms. The Morgan fingerprint density at radius 1 is 0.512 bits per heavy atom. The second-order valence-electron chi connectivity index (χ2n) is 8.95. The minimum atomic E-state index is -0.682. The van der Waals surface area contributed by atoms with Crippen molar-refractivity contribution in [2.75, 3.05) is 0 Å². The van der Waals surface area contributed by atoms with Gasteiger partial charge in [-0.2, -0.15) is 0 Å². The van der Waals surface area contributed by atoms with Crippen molar-refractivity contribution in [2.24, 2.45) is 0 Å². The zero-order valence-electron chi connectivity index (χ0n) is 21.4. The summed E-state index contributed by atoms with van der Waals surface area (Å²) in [5.41, 5.74) is 2.87. The van der Waals surface area contributed by atoms with Crippen LogP contribution in [0.5, 0.6) is 41.0 Å². The Labute approximate surface area is 249 Å². The van der Waals surface area contributed by atoms with Gasteiger partial charge in [0.1, 0.15) is 56.4 Å². The van der Waals surface area contributed by atoms with Gasteiger partial charge in [0.15, 0.2) is 0 Å². The Balaban J connectivity index is 1.10. The molecular weight excluding hydrogens is 601 g/mol. The number of halogens is 2. The lowest BCUT2D eigenvalue weighted by Crippen LogP contribution is -2.01. The molecule has 3 heterocycles. The summed E-state index contributed by atoms with van der Waals surface area (Å²) in [4.78, 5) is 14.1. The van der Waals surface area contributed by atoms with E-state index in [1.165, 1.54) is 46.0 Å². The largest absolute Gasteiger partial charge is 0.505 e. The predicted octanol–water partition coefficient (Wildman–Crippen LogP) is 5.35. The van der Waals surface area contributed by atoms with E-state index < -0.39 is 6.01 Å². The van der Waals surface area contributed by atoms with Gasteiger partial charge in [-0.3, -0.25) is 0 Å². The van der Waals surface area contributed by atoms with Gasteiger partial charge < -0.3 is 24.8 Å². The van der Waals surface area contributed by atoms with E-state index in [-0.39, 0.29) is 46.4 Å². The first kappa shape index (κ1) is 26.2. The second-order valence-corrected chi connectivity index (χ2v) is 9.82. The number of fused-ring (bicyclic) bond motifs is 2. The third kappa shape index (κ3) is 5.23. The number of ether oxygens (including phenoxy) is 2. The van der Waals surface area contributed by atoms with Crippen LogP contribution in [0.1, 0.15) is 0 Å². The highest BCUT2D eigenvalue weighted by atomic mass is 35.5. The molecule has 0 saturated heterocycles. The van der Waals surface area contributed by atoms with Gasteiger partial charge in [0.05, 0.1) is 0 Å². The number of hydrogen-bond acceptors (Lipinski definition) is 12. The Morgan fingerprint density at radius 3 is 1.40 bits per heavy atom. The van der Waals surface area contributed by atoms with Gasteiger partial charge in [-0.25, -0.2) is 0 Å². The van der Waals surface area contributed by atoms with Crippen LogP contribution < -0.4 is 9.47 Å². The SMILES string of the molecule is Oc1nc(Oc2ccc(-n3nc4ccc(Cl)cc4n3)c(O)c2)nc(Oc2ccc(-n3nc4ccc(Cl)cc4n3)c(O)c2)n1. The van der Waals surface area contributed by atoms with Crippen LogP contribution in [0, 0.1) is 0 Å². The van der Waals surface area contributed by atoms with E-state index in [1.807, 2.05) is 0 Å². The molecule has 0 aliphatic carbocycles. The highest BCUT2D eigenvalue weighted by Crippen LogP contribution is 2.32. The molecule has 0 amide bonds. The van der Waals surface area contributed by atoms with Crippen LogP contribution in [-0.2, 0) is 0 Å². The van der Waals surface area contributed by atoms with E-state index in [0.29, 0.717) is 32.1 Å². The number of aromatic nitrogens is 9. The summed E-state index contributed by atoms with van der Waals surface area (Å²) in [5.74, 6) is -0.117. The molecule has 0 bridgehead atoms. The quantitative estimate of drug-likeness (QED) is 0.218. The van der Waals surface area contributed by atoms with Crippen LogP contribution in [0.15, 0.2) is 72.8 Å². The third-order valence-corrected chi connectivity index (χ3v) is 6.48. The highest BCUT2D eigenvalue weighted by molar-refractivity contribution is 6.31. The normalized spacial score (nSPS) is 11.3. The Morgan fingerprint density at radius 2 is 0.953 bits per heavy atom. The number of rotatable bonds is 6. The van der Waals surface area contributed by atoms with E-state index >= 15 is 0 Å². The number of phenolic OH excluding ortho intramolecular Hbond substituents is 2. The molecule has 0 fully saturated rings. The summed E-state index contributed by atoms with van der Waals surface area (Å²) in [7, 11) is 0. The summed E-state index contributed by atoms with van der Waals surface area (Å²) in [6, 6.07) is 17.5. The molecule has 7 rings (SSSR count). The zero-order valence-corrected chi connectivity index (χ0v) is 22.9. The standard InChI is InChI=1S/C27H15Cl2N9O5/c28-13-1-5-17-19(9-13)35-37(33-17)21-7-3-15(11-23(21)39)42-26-30-25(41)31-27(32-26)43-16-4-8-22(24(40)12-16)38-34-18-6-2-14(29)10-20(18)36-38/h1-12,39-40H,(H,30,31,32,41). The molecule has 0 radical (unpaired) electrons. The van der Waals surface area contributed by atoms with Gasteiger partial charge in [0, 0.05) is 22.2 Å². The van der Waals surface area contributed by atoms with Crippen molar-refractivity contribution in [1.29, 1.82) is 0 Å². The topological polar surface area (TPSA) is 179 Å². The number of aromatic hydroxyl groups is 3. The fraction of sp³-hybridized carbons (Fsp3) is 0. The van der Waals surface area contributed by atoms with E-state index in [2.05, 4.69) is 35.3 Å². The minimum absolute atomic E-state index is 0.139. The van der Waals surface area contributed by atoms with E-state index in [1.54, 1.807) is 36.4 Å². The van der Waals surface area contributed by atoms with Gasteiger partial charge >= 0.3 is 18.0 Å². The average molecular weight is 616 g/mol. The van der Waals surface area contributed by atoms with Crippen molar-refractivity contribution in [1.82, 2.24) is 44.9 Å². The molecule has 3 aromatic heterocycles. The van der Waals surface area contributed by atoms with Gasteiger partial charge in [-0.15, -0.1) is 44.9 Å². The van der Waals surface area contributed by atoms with Crippen LogP contribution in [0.2, 0.25) is 10.0 Å².